The van der Waals surface area contributed by atoms with Gasteiger partial charge in [0.15, 0.2) is 0 Å². The molecular formula is C20H23N3O3. The molecule has 0 fully saturated rings. The van der Waals surface area contributed by atoms with Gasteiger partial charge >= 0.3 is 0 Å². The second-order valence-corrected chi connectivity index (χ2v) is 6.17. The predicted octanol–water partition coefficient (Wildman–Crippen LogP) is 4.08. The van der Waals surface area contributed by atoms with Crippen LogP contribution in [0.1, 0.15) is 25.3 Å². The van der Waals surface area contributed by atoms with Gasteiger partial charge in [0.1, 0.15) is 28.6 Å². The van der Waals surface area contributed by atoms with Crippen molar-refractivity contribution < 1.29 is 14.2 Å². The van der Waals surface area contributed by atoms with Crippen molar-refractivity contribution in [2.75, 3.05) is 21.3 Å². The van der Waals surface area contributed by atoms with Crippen LogP contribution >= 0.6 is 0 Å². The highest BCUT2D eigenvalue weighted by atomic mass is 16.5. The Kier molecular flexibility index (Phi) is 5.11. The molecule has 1 heterocycles. The van der Waals surface area contributed by atoms with Crippen LogP contribution in [0.5, 0.6) is 17.2 Å². The summed E-state index contributed by atoms with van der Waals surface area (Å²) < 4.78 is 18.2. The first kappa shape index (κ1) is 17.8. The summed E-state index contributed by atoms with van der Waals surface area (Å²) in [5, 5.41) is 8.60. The Labute approximate surface area is 153 Å². The van der Waals surface area contributed by atoms with Crippen molar-refractivity contribution in [2.24, 2.45) is 0 Å². The van der Waals surface area contributed by atoms with Crippen molar-refractivity contribution >= 4 is 0 Å². The minimum absolute atomic E-state index is 0.305. The van der Waals surface area contributed by atoms with Crippen LogP contribution in [0.2, 0.25) is 0 Å². The molecule has 26 heavy (non-hydrogen) atoms. The monoisotopic (exact) mass is 353 g/mol. The van der Waals surface area contributed by atoms with E-state index in [4.69, 9.17) is 14.2 Å². The third-order valence-electron chi connectivity index (χ3n) is 4.28. The van der Waals surface area contributed by atoms with E-state index in [1.54, 1.807) is 26.0 Å². The third-order valence-corrected chi connectivity index (χ3v) is 4.28. The van der Waals surface area contributed by atoms with Gasteiger partial charge in [-0.05, 0) is 29.7 Å². The first-order valence-electron chi connectivity index (χ1n) is 8.41. The minimum atomic E-state index is 0.305. The van der Waals surface area contributed by atoms with E-state index in [0.717, 1.165) is 34.0 Å². The first-order chi connectivity index (χ1) is 12.6. The van der Waals surface area contributed by atoms with Gasteiger partial charge in [-0.1, -0.05) is 31.2 Å². The average molecular weight is 353 g/mol. The zero-order valence-electron chi connectivity index (χ0n) is 15.7. The molecule has 1 aromatic heterocycles. The molecule has 6 heteroatoms. The highest BCUT2D eigenvalue weighted by Gasteiger charge is 2.18. The lowest BCUT2D eigenvalue weighted by Crippen LogP contribution is -1.98. The second-order valence-electron chi connectivity index (χ2n) is 6.17. The average Bonchev–Trinajstić information content (AvgIpc) is 3.16. The molecule has 136 valence electrons. The highest BCUT2D eigenvalue weighted by molar-refractivity contribution is 5.70. The van der Waals surface area contributed by atoms with Crippen LogP contribution < -0.4 is 14.2 Å². The standard InChI is InChI=1S/C20H23N3O3/c1-13(2)14-10-15(20(26-5)11-19(14)25-4)16-12-23(22-21-16)17-8-6-7-9-18(17)24-3/h6-13H,1-5H3. The molecule has 3 rings (SSSR count). The summed E-state index contributed by atoms with van der Waals surface area (Å²) in [5.74, 6) is 2.53. The number of para-hydroxylation sites is 2. The molecule has 0 amide bonds. The van der Waals surface area contributed by atoms with Gasteiger partial charge in [0, 0.05) is 11.6 Å². The first-order valence-corrected chi connectivity index (χ1v) is 8.41. The fourth-order valence-electron chi connectivity index (χ4n) is 2.90. The molecule has 0 aliphatic rings. The maximum atomic E-state index is 5.56. The molecule has 0 saturated heterocycles. The lowest BCUT2D eigenvalue weighted by molar-refractivity contribution is 0.390. The number of rotatable bonds is 6. The van der Waals surface area contributed by atoms with Crippen molar-refractivity contribution in [3.8, 4) is 34.2 Å². The number of hydrogen-bond acceptors (Lipinski definition) is 5. The van der Waals surface area contributed by atoms with Gasteiger partial charge in [0.25, 0.3) is 0 Å². The molecule has 0 N–H and O–H groups in total. The molecule has 3 aromatic rings. The van der Waals surface area contributed by atoms with Gasteiger partial charge in [-0.15, -0.1) is 5.10 Å². The van der Waals surface area contributed by atoms with Crippen LogP contribution in [0.4, 0.5) is 0 Å². The van der Waals surface area contributed by atoms with Crippen molar-refractivity contribution in [3.63, 3.8) is 0 Å². The van der Waals surface area contributed by atoms with E-state index in [1.165, 1.54) is 0 Å². The van der Waals surface area contributed by atoms with Gasteiger partial charge in [0.2, 0.25) is 0 Å². The Morgan fingerprint density at radius 2 is 1.58 bits per heavy atom. The van der Waals surface area contributed by atoms with E-state index >= 15 is 0 Å². The van der Waals surface area contributed by atoms with Crippen LogP contribution in [-0.4, -0.2) is 36.3 Å². The van der Waals surface area contributed by atoms with E-state index in [2.05, 4.69) is 30.2 Å². The number of nitrogens with zero attached hydrogens (tertiary/aromatic N) is 3. The topological polar surface area (TPSA) is 58.4 Å². The van der Waals surface area contributed by atoms with E-state index in [0.29, 0.717) is 11.7 Å². The molecule has 0 unspecified atom stereocenters. The van der Waals surface area contributed by atoms with Crippen molar-refractivity contribution in [3.05, 3.63) is 48.2 Å². The molecule has 6 nitrogen and oxygen atoms in total. The Hall–Kier alpha value is -3.02. The Morgan fingerprint density at radius 1 is 0.885 bits per heavy atom. The number of ether oxygens (including phenoxy) is 3. The number of methoxy groups -OCH3 is 3. The summed E-state index contributed by atoms with van der Waals surface area (Å²) in [6, 6.07) is 11.6. The number of benzene rings is 2. The van der Waals surface area contributed by atoms with Gasteiger partial charge in [-0.3, -0.25) is 0 Å². The molecule has 0 radical (unpaired) electrons. The van der Waals surface area contributed by atoms with Crippen molar-refractivity contribution in [2.45, 2.75) is 19.8 Å². The quantitative estimate of drug-likeness (QED) is 0.668. The molecule has 0 aliphatic carbocycles. The largest absolute Gasteiger partial charge is 0.496 e. The van der Waals surface area contributed by atoms with Crippen LogP contribution in [0.3, 0.4) is 0 Å². The number of hydrogen-bond donors (Lipinski definition) is 0. The summed E-state index contributed by atoms with van der Waals surface area (Å²) >= 11 is 0. The highest BCUT2D eigenvalue weighted by Crippen LogP contribution is 2.38. The number of aromatic nitrogens is 3. The van der Waals surface area contributed by atoms with E-state index < -0.39 is 0 Å². The molecular weight excluding hydrogens is 330 g/mol. The van der Waals surface area contributed by atoms with Gasteiger partial charge in [-0.2, -0.15) is 0 Å². The van der Waals surface area contributed by atoms with E-state index in [-0.39, 0.29) is 0 Å². The molecule has 0 bridgehead atoms. The minimum Gasteiger partial charge on any atom is -0.496 e. The SMILES string of the molecule is COc1cc(OC)c(C(C)C)cc1-c1cn(-c2ccccc2OC)nn1. The van der Waals surface area contributed by atoms with Gasteiger partial charge in [0.05, 0.1) is 27.5 Å². The molecule has 0 saturated carbocycles. The van der Waals surface area contributed by atoms with E-state index in [9.17, 15) is 0 Å². The Morgan fingerprint density at radius 3 is 2.23 bits per heavy atom. The van der Waals surface area contributed by atoms with Crippen LogP contribution in [0, 0.1) is 0 Å². The normalized spacial score (nSPS) is 10.8. The molecule has 0 spiro atoms. The zero-order chi connectivity index (χ0) is 18.7. The lowest BCUT2D eigenvalue weighted by atomic mass is 9.97. The maximum Gasteiger partial charge on any atom is 0.144 e. The smallest absolute Gasteiger partial charge is 0.144 e. The maximum absolute atomic E-state index is 5.56. The van der Waals surface area contributed by atoms with Crippen molar-refractivity contribution in [1.82, 2.24) is 15.0 Å². The van der Waals surface area contributed by atoms with Crippen LogP contribution in [0.25, 0.3) is 16.9 Å². The molecule has 0 aliphatic heterocycles. The van der Waals surface area contributed by atoms with Crippen LogP contribution in [-0.2, 0) is 0 Å². The fourth-order valence-corrected chi connectivity index (χ4v) is 2.90. The summed E-state index contributed by atoms with van der Waals surface area (Å²) in [6.45, 7) is 4.25. The van der Waals surface area contributed by atoms with Crippen LogP contribution in [0.15, 0.2) is 42.6 Å². The summed E-state index contributed by atoms with van der Waals surface area (Å²) in [4.78, 5) is 0. The summed E-state index contributed by atoms with van der Waals surface area (Å²) in [5.41, 5.74) is 3.51. The van der Waals surface area contributed by atoms with Gasteiger partial charge < -0.3 is 14.2 Å². The second kappa shape index (κ2) is 7.47. The lowest BCUT2D eigenvalue weighted by Gasteiger charge is -2.16. The molecule has 2 aromatic carbocycles. The predicted molar refractivity (Wildman–Crippen MR) is 101 cm³/mol. The zero-order valence-corrected chi connectivity index (χ0v) is 15.7. The Bertz CT molecular complexity index is 903. The third kappa shape index (κ3) is 3.22. The van der Waals surface area contributed by atoms with Crippen molar-refractivity contribution in [1.29, 1.82) is 0 Å². The van der Waals surface area contributed by atoms with E-state index in [1.807, 2.05) is 36.5 Å². The van der Waals surface area contributed by atoms with Gasteiger partial charge in [-0.25, -0.2) is 4.68 Å². The Balaban J connectivity index is 2.10. The summed E-state index contributed by atoms with van der Waals surface area (Å²) in [6.07, 6.45) is 1.87. The fraction of sp³-hybridized carbons (Fsp3) is 0.300. The molecule has 0 atom stereocenters. The summed E-state index contributed by atoms with van der Waals surface area (Å²) in [7, 11) is 4.94.